The monoisotopic (exact) mass is 335 g/mol. The van der Waals surface area contributed by atoms with Gasteiger partial charge in [0.1, 0.15) is 11.8 Å². The molecule has 2 atom stereocenters. The van der Waals surface area contributed by atoms with Gasteiger partial charge in [-0.3, -0.25) is 9.59 Å². The summed E-state index contributed by atoms with van der Waals surface area (Å²) in [6.45, 7) is 3.51. The van der Waals surface area contributed by atoms with Gasteiger partial charge in [0.15, 0.2) is 5.78 Å². The van der Waals surface area contributed by atoms with Gasteiger partial charge in [-0.2, -0.15) is 0 Å². The first-order valence-electron chi connectivity index (χ1n) is 7.94. The molecule has 0 aliphatic rings. The third-order valence-corrected chi connectivity index (χ3v) is 3.44. The average Bonchev–Trinajstić information content (AvgIpc) is 2.54. The third kappa shape index (κ3) is 6.47. The van der Waals surface area contributed by atoms with Crippen molar-refractivity contribution in [1.82, 2.24) is 5.32 Å². The van der Waals surface area contributed by atoms with Gasteiger partial charge in [0.05, 0.1) is 6.04 Å². The predicted molar refractivity (Wildman–Crippen MR) is 90.6 cm³/mol. The lowest BCUT2D eigenvalue weighted by Crippen LogP contribution is -2.48. The standard InChI is InChI=1S/C17H25N3O4/c1-11(19)16(22)20-15(5-3-4-10-18)17(23)24-14-8-6-13(7-9-14)12(2)21/h6-9,11,15H,3-5,10,18-19H2,1-2H3,(H,20,22)/t11-,15-/m0/s1. The third-order valence-electron chi connectivity index (χ3n) is 3.44. The Bertz CT molecular complexity index is 570. The van der Waals surface area contributed by atoms with Crippen LogP contribution in [0.25, 0.3) is 0 Å². The number of esters is 1. The number of hydrogen-bond donors (Lipinski definition) is 3. The zero-order chi connectivity index (χ0) is 18.1. The van der Waals surface area contributed by atoms with Crippen molar-refractivity contribution in [3.8, 4) is 5.75 Å². The molecule has 5 N–H and O–H groups in total. The van der Waals surface area contributed by atoms with Crippen LogP contribution in [-0.2, 0) is 9.59 Å². The van der Waals surface area contributed by atoms with Gasteiger partial charge in [-0.1, -0.05) is 0 Å². The Hall–Kier alpha value is -2.25. The summed E-state index contributed by atoms with van der Waals surface area (Å²) in [6.07, 6.45) is 1.84. The van der Waals surface area contributed by atoms with E-state index in [0.29, 0.717) is 30.7 Å². The molecule has 0 spiro atoms. The summed E-state index contributed by atoms with van der Waals surface area (Å²) in [4.78, 5) is 35.3. The van der Waals surface area contributed by atoms with Crippen LogP contribution in [0, 0.1) is 0 Å². The van der Waals surface area contributed by atoms with Gasteiger partial charge in [0, 0.05) is 5.56 Å². The van der Waals surface area contributed by atoms with Gasteiger partial charge in [-0.05, 0) is 63.9 Å². The second kappa shape index (κ2) is 9.79. The largest absolute Gasteiger partial charge is 0.425 e. The summed E-state index contributed by atoms with van der Waals surface area (Å²) in [6, 6.07) is 4.73. The summed E-state index contributed by atoms with van der Waals surface area (Å²) in [7, 11) is 0. The van der Waals surface area contributed by atoms with Crippen LogP contribution < -0.4 is 21.5 Å². The summed E-state index contributed by atoms with van der Waals surface area (Å²) in [5, 5.41) is 2.59. The lowest BCUT2D eigenvalue weighted by Gasteiger charge is -2.18. The highest BCUT2D eigenvalue weighted by atomic mass is 16.5. The Morgan fingerprint density at radius 2 is 1.79 bits per heavy atom. The summed E-state index contributed by atoms with van der Waals surface area (Å²) < 4.78 is 5.29. The number of hydrogen-bond acceptors (Lipinski definition) is 6. The first-order valence-corrected chi connectivity index (χ1v) is 7.94. The topological polar surface area (TPSA) is 125 Å². The molecule has 0 fully saturated rings. The lowest BCUT2D eigenvalue weighted by molar-refractivity contribution is -0.139. The molecule has 0 bridgehead atoms. The minimum atomic E-state index is -0.789. The molecule has 0 aromatic heterocycles. The van der Waals surface area contributed by atoms with Gasteiger partial charge in [0.25, 0.3) is 0 Å². The number of benzene rings is 1. The minimum absolute atomic E-state index is 0.0725. The second-order valence-corrected chi connectivity index (χ2v) is 5.64. The first-order chi connectivity index (χ1) is 11.3. The first kappa shape index (κ1) is 19.8. The second-order valence-electron chi connectivity index (χ2n) is 5.64. The molecule has 0 radical (unpaired) electrons. The van der Waals surface area contributed by atoms with Crippen molar-refractivity contribution >= 4 is 17.7 Å². The maximum Gasteiger partial charge on any atom is 0.334 e. The molecule has 7 nitrogen and oxygen atoms in total. The van der Waals surface area contributed by atoms with Gasteiger partial charge in [-0.15, -0.1) is 0 Å². The van der Waals surface area contributed by atoms with Gasteiger partial charge in [-0.25, -0.2) is 4.79 Å². The number of unbranched alkanes of at least 4 members (excludes halogenated alkanes) is 1. The molecule has 0 saturated carbocycles. The van der Waals surface area contributed by atoms with Crippen molar-refractivity contribution in [1.29, 1.82) is 0 Å². The van der Waals surface area contributed by atoms with Crippen LogP contribution in [0.15, 0.2) is 24.3 Å². The number of Topliss-reactive ketones (excluding diaryl/α,β-unsaturated/α-hetero) is 1. The molecule has 0 aliphatic heterocycles. The fourth-order valence-corrected chi connectivity index (χ4v) is 1.99. The van der Waals surface area contributed by atoms with Crippen molar-refractivity contribution in [2.75, 3.05) is 6.54 Å². The van der Waals surface area contributed by atoms with Gasteiger partial charge >= 0.3 is 5.97 Å². The highest BCUT2D eigenvalue weighted by molar-refractivity contribution is 5.94. The SMILES string of the molecule is CC(=O)c1ccc(OC(=O)[C@H](CCCCN)NC(=O)[C@H](C)N)cc1. The fraction of sp³-hybridized carbons (Fsp3) is 0.471. The van der Waals surface area contributed by atoms with E-state index >= 15 is 0 Å². The molecule has 24 heavy (non-hydrogen) atoms. The molecule has 1 amide bonds. The number of ether oxygens (including phenoxy) is 1. The van der Waals surface area contributed by atoms with Crippen LogP contribution in [-0.4, -0.2) is 36.3 Å². The van der Waals surface area contributed by atoms with Crippen LogP contribution >= 0.6 is 0 Å². The van der Waals surface area contributed by atoms with E-state index < -0.39 is 24.0 Å². The molecular formula is C17H25N3O4. The molecular weight excluding hydrogens is 310 g/mol. The van der Waals surface area contributed by atoms with E-state index in [0.717, 1.165) is 6.42 Å². The number of carbonyl (C=O) groups is 3. The number of nitrogens with two attached hydrogens (primary N) is 2. The van der Waals surface area contributed by atoms with Crippen LogP contribution in [0.1, 0.15) is 43.5 Å². The van der Waals surface area contributed by atoms with E-state index in [1.54, 1.807) is 24.3 Å². The maximum absolute atomic E-state index is 12.3. The maximum atomic E-state index is 12.3. The number of ketones is 1. The normalized spacial score (nSPS) is 13.0. The van der Waals surface area contributed by atoms with Crippen molar-refractivity contribution < 1.29 is 19.1 Å². The predicted octanol–water partition coefficient (Wildman–Crippen LogP) is 0.756. The zero-order valence-corrected chi connectivity index (χ0v) is 14.1. The van der Waals surface area contributed by atoms with Gasteiger partial charge < -0.3 is 21.5 Å². The molecule has 1 rings (SSSR count). The Balaban J connectivity index is 2.74. The van der Waals surface area contributed by atoms with E-state index in [1.165, 1.54) is 13.8 Å². The quantitative estimate of drug-likeness (QED) is 0.265. The lowest BCUT2D eigenvalue weighted by atomic mass is 10.1. The van der Waals surface area contributed by atoms with Crippen molar-refractivity contribution in [2.24, 2.45) is 11.5 Å². The van der Waals surface area contributed by atoms with E-state index in [1.807, 2.05) is 0 Å². The van der Waals surface area contributed by atoms with Crippen molar-refractivity contribution in [3.63, 3.8) is 0 Å². The van der Waals surface area contributed by atoms with Crippen molar-refractivity contribution in [2.45, 2.75) is 45.2 Å². The summed E-state index contributed by atoms with van der Waals surface area (Å²) >= 11 is 0. The summed E-state index contributed by atoms with van der Waals surface area (Å²) in [5.41, 5.74) is 11.5. The molecule has 0 heterocycles. The smallest absolute Gasteiger partial charge is 0.334 e. The van der Waals surface area contributed by atoms with E-state index in [2.05, 4.69) is 5.32 Å². The Kier molecular flexibility index (Phi) is 8.08. The molecule has 0 aliphatic carbocycles. The number of carbonyl (C=O) groups excluding carboxylic acids is 3. The van der Waals surface area contributed by atoms with E-state index in [-0.39, 0.29) is 5.78 Å². The summed E-state index contributed by atoms with van der Waals surface area (Å²) in [5.74, 6) is -0.756. The highest BCUT2D eigenvalue weighted by Crippen LogP contribution is 2.14. The zero-order valence-electron chi connectivity index (χ0n) is 14.1. The number of nitrogens with one attached hydrogen (secondary N) is 1. The molecule has 0 saturated heterocycles. The Morgan fingerprint density at radius 3 is 2.29 bits per heavy atom. The highest BCUT2D eigenvalue weighted by Gasteiger charge is 2.23. The number of rotatable bonds is 9. The molecule has 0 unspecified atom stereocenters. The molecule has 1 aromatic rings. The van der Waals surface area contributed by atoms with Gasteiger partial charge in [0.2, 0.25) is 5.91 Å². The van der Waals surface area contributed by atoms with Crippen molar-refractivity contribution in [3.05, 3.63) is 29.8 Å². The Labute approximate surface area is 141 Å². The molecule has 7 heteroatoms. The number of amides is 1. The molecule has 1 aromatic carbocycles. The van der Waals surface area contributed by atoms with Crippen LogP contribution in [0.2, 0.25) is 0 Å². The van der Waals surface area contributed by atoms with Crippen LogP contribution in [0.3, 0.4) is 0 Å². The molecule has 132 valence electrons. The average molecular weight is 335 g/mol. The Morgan fingerprint density at radius 1 is 1.17 bits per heavy atom. The van der Waals surface area contributed by atoms with E-state index in [4.69, 9.17) is 16.2 Å². The van der Waals surface area contributed by atoms with E-state index in [9.17, 15) is 14.4 Å². The van der Waals surface area contributed by atoms with Crippen LogP contribution in [0.4, 0.5) is 0 Å². The fourth-order valence-electron chi connectivity index (χ4n) is 1.99. The minimum Gasteiger partial charge on any atom is -0.425 e. The van der Waals surface area contributed by atoms with Crippen LogP contribution in [0.5, 0.6) is 5.75 Å².